The maximum absolute atomic E-state index is 6.10. The van der Waals surface area contributed by atoms with Crippen molar-refractivity contribution in [3.63, 3.8) is 0 Å². The van der Waals surface area contributed by atoms with E-state index in [2.05, 4.69) is 57.9 Å². The van der Waals surface area contributed by atoms with Gasteiger partial charge in [-0.25, -0.2) is 0 Å². The van der Waals surface area contributed by atoms with E-state index in [1.54, 1.807) is 0 Å². The number of rotatable bonds is 2. The van der Waals surface area contributed by atoms with Gasteiger partial charge in [0.1, 0.15) is 0 Å². The molecule has 1 heterocycles. The molecule has 0 radical (unpaired) electrons. The summed E-state index contributed by atoms with van der Waals surface area (Å²) < 4.78 is 1.10. The highest BCUT2D eigenvalue weighted by atomic mass is 79.9. The van der Waals surface area contributed by atoms with Gasteiger partial charge < -0.3 is 15.5 Å². The molecule has 1 aliphatic heterocycles. The summed E-state index contributed by atoms with van der Waals surface area (Å²) in [6.07, 6.45) is 1.21. The van der Waals surface area contributed by atoms with Crippen LogP contribution >= 0.6 is 15.9 Å². The van der Waals surface area contributed by atoms with Crippen LogP contribution in [0.2, 0.25) is 0 Å². The van der Waals surface area contributed by atoms with Crippen LogP contribution < -0.4 is 10.6 Å². The Morgan fingerprint density at radius 2 is 2.00 bits per heavy atom. The van der Waals surface area contributed by atoms with Crippen molar-refractivity contribution in [2.75, 3.05) is 38.1 Å². The van der Waals surface area contributed by atoms with Gasteiger partial charge in [0.2, 0.25) is 0 Å². The van der Waals surface area contributed by atoms with Crippen molar-refractivity contribution in [1.29, 1.82) is 0 Å². The molecule has 0 spiro atoms. The highest BCUT2D eigenvalue weighted by Gasteiger charge is 2.17. The normalized spacial score (nSPS) is 19.7. The summed E-state index contributed by atoms with van der Waals surface area (Å²) in [5.41, 5.74) is 8.62. The molecule has 1 aromatic carbocycles. The zero-order chi connectivity index (χ0) is 13.1. The van der Waals surface area contributed by atoms with Crippen molar-refractivity contribution in [3.8, 4) is 0 Å². The summed E-state index contributed by atoms with van der Waals surface area (Å²) >= 11 is 3.53. The average Bonchev–Trinajstić information content (AvgIpc) is 2.54. The summed E-state index contributed by atoms with van der Waals surface area (Å²) in [4.78, 5) is 4.86. The number of hydrogen-bond donors (Lipinski definition) is 1. The smallest absolute Gasteiger partial charge is 0.0415 e. The van der Waals surface area contributed by atoms with Crippen molar-refractivity contribution in [3.05, 3.63) is 28.2 Å². The van der Waals surface area contributed by atoms with E-state index in [4.69, 9.17) is 5.73 Å². The minimum absolute atomic E-state index is 0.0680. The van der Waals surface area contributed by atoms with Gasteiger partial charge in [-0.05, 0) is 50.7 Å². The van der Waals surface area contributed by atoms with Crippen LogP contribution in [-0.4, -0.2) is 38.1 Å². The molecule has 18 heavy (non-hydrogen) atoms. The van der Waals surface area contributed by atoms with Crippen LogP contribution in [0.25, 0.3) is 0 Å². The summed E-state index contributed by atoms with van der Waals surface area (Å²) in [6.45, 7) is 6.55. The molecular formula is C14H22BrN3. The molecule has 3 nitrogen and oxygen atoms in total. The Bertz CT molecular complexity index is 406. The van der Waals surface area contributed by atoms with Crippen molar-refractivity contribution in [2.24, 2.45) is 5.73 Å². The molecule has 1 unspecified atom stereocenters. The maximum Gasteiger partial charge on any atom is 0.0415 e. The van der Waals surface area contributed by atoms with Crippen LogP contribution in [0.1, 0.15) is 24.9 Å². The first-order valence-corrected chi connectivity index (χ1v) is 7.36. The van der Waals surface area contributed by atoms with Crippen molar-refractivity contribution < 1.29 is 0 Å². The first kappa shape index (κ1) is 13.8. The quantitative estimate of drug-likeness (QED) is 0.911. The van der Waals surface area contributed by atoms with Gasteiger partial charge >= 0.3 is 0 Å². The molecule has 1 fully saturated rings. The van der Waals surface area contributed by atoms with E-state index in [0.717, 1.165) is 24.1 Å². The number of hydrogen-bond acceptors (Lipinski definition) is 3. The molecule has 0 saturated carbocycles. The molecule has 0 aliphatic carbocycles. The second kappa shape index (κ2) is 6.04. The van der Waals surface area contributed by atoms with E-state index in [1.165, 1.54) is 24.2 Å². The molecule has 1 saturated heterocycles. The van der Waals surface area contributed by atoms with Crippen molar-refractivity contribution in [1.82, 2.24) is 4.90 Å². The lowest BCUT2D eigenvalue weighted by molar-refractivity contribution is 0.360. The van der Waals surface area contributed by atoms with Gasteiger partial charge in [0.05, 0.1) is 0 Å². The topological polar surface area (TPSA) is 32.5 Å². The Morgan fingerprint density at radius 1 is 1.22 bits per heavy atom. The van der Waals surface area contributed by atoms with E-state index in [1.807, 2.05) is 0 Å². The highest BCUT2D eigenvalue weighted by Crippen LogP contribution is 2.29. The van der Waals surface area contributed by atoms with Crippen LogP contribution in [-0.2, 0) is 0 Å². The van der Waals surface area contributed by atoms with Crippen LogP contribution in [0.5, 0.6) is 0 Å². The van der Waals surface area contributed by atoms with E-state index < -0.39 is 0 Å². The van der Waals surface area contributed by atoms with Gasteiger partial charge in [0, 0.05) is 35.8 Å². The molecule has 4 heteroatoms. The van der Waals surface area contributed by atoms with Gasteiger partial charge in [0.25, 0.3) is 0 Å². The predicted octanol–water partition coefficient (Wildman–Crippen LogP) is 2.61. The SMILES string of the molecule is CC(N)c1cc(Br)ccc1N1CCCN(C)CC1. The second-order valence-electron chi connectivity index (χ2n) is 5.14. The van der Waals surface area contributed by atoms with Gasteiger partial charge in [-0.2, -0.15) is 0 Å². The number of halogens is 1. The summed E-state index contributed by atoms with van der Waals surface area (Å²) in [7, 11) is 2.19. The minimum atomic E-state index is 0.0680. The van der Waals surface area contributed by atoms with Gasteiger partial charge in [-0.15, -0.1) is 0 Å². The van der Waals surface area contributed by atoms with E-state index in [-0.39, 0.29) is 6.04 Å². The Morgan fingerprint density at radius 3 is 2.72 bits per heavy atom. The Labute approximate surface area is 118 Å². The summed E-state index contributed by atoms with van der Waals surface area (Å²) in [5, 5.41) is 0. The molecule has 0 bridgehead atoms. The first-order valence-electron chi connectivity index (χ1n) is 6.56. The van der Waals surface area contributed by atoms with Gasteiger partial charge in [-0.3, -0.25) is 0 Å². The van der Waals surface area contributed by atoms with Crippen LogP contribution in [0, 0.1) is 0 Å². The summed E-state index contributed by atoms with van der Waals surface area (Å²) in [6, 6.07) is 6.51. The predicted molar refractivity (Wildman–Crippen MR) is 81.1 cm³/mol. The number of anilines is 1. The summed E-state index contributed by atoms with van der Waals surface area (Å²) in [5.74, 6) is 0. The lowest BCUT2D eigenvalue weighted by Gasteiger charge is -2.27. The number of benzene rings is 1. The van der Waals surface area contributed by atoms with Crippen molar-refractivity contribution >= 4 is 21.6 Å². The molecule has 0 amide bonds. The van der Waals surface area contributed by atoms with E-state index >= 15 is 0 Å². The lowest BCUT2D eigenvalue weighted by atomic mass is 10.1. The Hall–Kier alpha value is -0.580. The fourth-order valence-corrected chi connectivity index (χ4v) is 2.84. The molecule has 2 N–H and O–H groups in total. The molecule has 1 aromatic rings. The largest absolute Gasteiger partial charge is 0.370 e. The van der Waals surface area contributed by atoms with Gasteiger partial charge in [-0.1, -0.05) is 15.9 Å². The standard InChI is InChI=1S/C14H22BrN3/c1-11(16)13-10-12(15)4-5-14(13)18-7-3-6-17(2)8-9-18/h4-5,10-11H,3,6-9,16H2,1-2H3. The fraction of sp³-hybridized carbons (Fsp3) is 0.571. The van der Waals surface area contributed by atoms with E-state index in [0.29, 0.717) is 0 Å². The Balaban J connectivity index is 2.26. The molecule has 0 aromatic heterocycles. The van der Waals surface area contributed by atoms with Crippen LogP contribution in [0.15, 0.2) is 22.7 Å². The number of nitrogens with zero attached hydrogens (tertiary/aromatic N) is 2. The number of nitrogens with two attached hydrogens (primary N) is 1. The van der Waals surface area contributed by atoms with Crippen LogP contribution in [0.4, 0.5) is 5.69 Å². The van der Waals surface area contributed by atoms with Crippen molar-refractivity contribution in [2.45, 2.75) is 19.4 Å². The monoisotopic (exact) mass is 311 g/mol. The third-order valence-electron chi connectivity index (χ3n) is 3.54. The lowest BCUT2D eigenvalue weighted by Crippen LogP contribution is -2.30. The molecule has 1 atom stereocenters. The second-order valence-corrected chi connectivity index (χ2v) is 6.05. The molecule has 100 valence electrons. The minimum Gasteiger partial charge on any atom is -0.370 e. The molecular weight excluding hydrogens is 290 g/mol. The third kappa shape index (κ3) is 3.25. The average molecular weight is 312 g/mol. The molecule has 2 rings (SSSR count). The van der Waals surface area contributed by atoms with Crippen LogP contribution in [0.3, 0.4) is 0 Å². The fourth-order valence-electron chi connectivity index (χ4n) is 2.47. The zero-order valence-electron chi connectivity index (χ0n) is 11.2. The third-order valence-corrected chi connectivity index (χ3v) is 4.03. The maximum atomic E-state index is 6.10. The number of likely N-dealkylation sites (N-methyl/N-ethyl adjacent to an activating group) is 1. The van der Waals surface area contributed by atoms with Gasteiger partial charge in [0.15, 0.2) is 0 Å². The highest BCUT2D eigenvalue weighted by molar-refractivity contribution is 9.10. The molecule has 1 aliphatic rings. The first-order chi connectivity index (χ1) is 8.58. The van der Waals surface area contributed by atoms with E-state index in [9.17, 15) is 0 Å². The zero-order valence-corrected chi connectivity index (χ0v) is 12.8. The Kier molecular flexibility index (Phi) is 4.65.